The van der Waals surface area contributed by atoms with Gasteiger partial charge in [-0.05, 0) is 37.1 Å². The molecule has 1 aromatic carbocycles. The summed E-state index contributed by atoms with van der Waals surface area (Å²) >= 11 is 0. The fraction of sp³-hybridized carbons (Fsp3) is 0.333. The number of aromatic nitrogens is 1. The van der Waals surface area contributed by atoms with Gasteiger partial charge in [0.2, 0.25) is 5.91 Å². The SMILES string of the molecule is C=CN1CCCC1=O.O=C(O)CCCc1c[nH]c2ccccc12. The number of aliphatic carboxylic acids is 1. The van der Waals surface area contributed by atoms with Crippen molar-refractivity contribution in [3.05, 3.63) is 48.8 Å². The summed E-state index contributed by atoms with van der Waals surface area (Å²) in [6, 6.07) is 8.06. The summed E-state index contributed by atoms with van der Waals surface area (Å²) in [4.78, 5) is 25.9. The Bertz CT molecular complexity index is 690. The molecule has 0 saturated carbocycles. The lowest BCUT2D eigenvalue weighted by molar-refractivity contribution is -0.137. The molecule has 1 saturated heterocycles. The average molecular weight is 314 g/mol. The van der Waals surface area contributed by atoms with E-state index in [4.69, 9.17) is 5.11 Å². The van der Waals surface area contributed by atoms with E-state index in [9.17, 15) is 9.59 Å². The molecule has 0 aliphatic carbocycles. The first-order valence-corrected chi connectivity index (χ1v) is 7.80. The second kappa shape index (κ2) is 8.17. The number of nitrogens with one attached hydrogen (secondary N) is 1. The average Bonchev–Trinajstić information content (AvgIpc) is 3.14. The van der Waals surface area contributed by atoms with Crippen LogP contribution in [0.4, 0.5) is 0 Å². The maximum atomic E-state index is 10.7. The van der Waals surface area contributed by atoms with Crippen LogP contribution in [-0.4, -0.2) is 33.4 Å². The fourth-order valence-electron chi connectivity index (χ4n) is 2.63. The van der Waals surface area contributed by atoms with Gasteiger partial charge in [-0.25, -0.2) is 0 Å². The molecule has 0 bridgehead atoms. The Labute approximate surface area is 135 Å². The third-order valence-corrected chi connectivity index (χ3v) is 3.84. The van der Waals surface area contributed by atoms with Crippen molar-refractivity contribution >= 4 is 22.8 Å². The highest BCUT2D eigenvalue weighted by Crippen LogP contribution is 2.19. The van der Waals surface area contributed by atoms with Crippen molar-refractivity contribution in [2.75, 3.05) is 6.54 Å². The van der Waals surface area contributed by atoms with Gasteiger partial charge in [0.05, 0.1) is 0 Å². The molecule has 1 aliphatic rings. The summed E-state index contributed by atoms with van der Waals surface area (Å²) in [6.07, 6.45) is 6.99. The molecule has 2 aromatic rings. The summed E-state index contributed by atoms with van der Waals surface area (Å²) in [5, 5.41) is 9.74. The molecule has 1 aliphatic heterocycles. The summed E-state index contributed by atoms with van der Waals surface area (Å²) < 4.78 is 0. The number of carboxylic acid groups (broad SMARTS) is 1. The first kappa shape index (κ1) is 16.8. The molecule has 0 radical (unpaired) electrons. The van der Waals surface area contributed by atoms with E-state index in [0.717, 1.165) is 24.9 Å². The molecule has 2 N–H and O–H groups in total. The van der Waals surface area contributed by atoms with Crippen LogP contribution in [0.1, 0.15) is 31.2 Å². The van der Waals surface area contributed by atoms with Crippen molar-refractivity contribution in [1.29, 1.82) is 0 Å². The minimum atomic E-state index is -0.727. The van der Waals surface area contributed by atoms with Crippen molar-refractivity contribution in [3.63, 3.8) is 0 Å². The van der Waals surface area contributed by atoms with E-state index in [1.165, 1.54) is 10.9 Å². The van der Waals surface area contributed by atoms with Gasteiger partial charge < -0.3 is 15.0 Å². The molecule has 1 aromatic heterocycles. The molecule has 5 heteroatoms. The van der Waals surface area contributed by atoms with Gasteiger partial charge in [0.15, 0.2) is 0 Å². The predicted molar refractivity (Wildman–Crippen MR) is 90.0 cm³/mol. The quantitative estimate of drug-likeness (QED) is 0.889. The van der Waals surface area contributed by atoms with E-state index >= 15 is 0 Å². The fourth-order valence-corrected chi connectivity index (χ4v) is 2.63. The van der Waals surface area contributed by atoms with E-state index in [0.29, 0.717) is 12.8 Å². The van der Waals surface area contributed by atoms with Gasteiger partial charge in [-0.15, -0.1) is 0 Å². The Balaban J connectivity index is 0.000000203. The van der Waals surface area contributed by atoms with E-state index in [-0.39, 0.29) is 12.3 Å². The van der Waals surface area contributed by atoms with Crippen LogP contribution in [0.2, 0.25) is 0 Å². The number of aryl methyl sites for hydroxylation is 1. The van der Waals surface area contributed by atoms with E-state index in [1.54, 1.807) is 11.1 Å². The summed E-state index contributed by atoms with van der Waals surface area (Å²) in [6.45, 7) is 4.36. The number of likely N-dealkylation sites (tertiary alicyclic amines) is 1. The topological polar surface area (TPSA) is 73.4 Å². The van der Waals surface area contributed by atoms with Crippen LogP contribution < -0.4 is 0 Å². The normalized spacial score (nSPS) is 13.7. The molecular weight excluding hydrogens is 292 g/mol. The first-order valence-electron chi connectivity index (χ1n) is 7.80. The molecule has 0 unspecified atom stereocenters. The molecular formula is C18H22N2O3. The highest BCUT2D eigenvalue weighted by atomic mass is 16.4. The highest BCUT2D eigenvalue weighted by molar-refractivity contribution is 5.83. The number of aromatic amines is 1. The number of carboxylic acids is 1. The minimum Gasteiger partial charge on any atom is -0.481 e. The van der Waals surface area contributed by atoms with Crippen LogP contribution in [0.25, 0.3) is 10.9 Å². The lowest BCUT2D eigenvalue weighted by Crippen LogP contribution is -2.16. The number of H-pyrrole nitrogens is 1. The van der Waals surface area contributed by atoms with Crippen molar-refractivity contribution in [2.45, 2.75) is 32.1 Å². The zero-order valence-corrected chi connectivity index (χ0v) is 13.1. The van der Waals surface area contributed by atoms with Crippen LogP contribution in [0, 0.1) is 0 Å². The minimum absolute atomic E-state index is 0.208. The van der Waals surface area contributed by atoms with Gasteiger partial charge >= 0.3 is 5.97 Å². The third-order valence-electron chi connectivity index (χ3n) is 3.84. The lowest BCUT2D eigenvalue weighted by atomic mass is 10.1. The monoisotopic (exact) mass is 314 g/mol. The van der Waals surface area contributed by atoms with Gasteiger partial charge in [-0.3, -0.25) is 9.59 Å². The number of amides is 1. The molecule has 122 valence electrons. The van der Waals surface area contributed by atoms with Crippen LogP contribution in [0.3, 0.4) is 0 Å². The Hall–Kier alpha value is -2.56. The number of hydrogen-bond acceptors (Lipinski definition) is 2. The maximum Gasteiger partial charge on any atom is 0.303 e. The van der Waals surface area contributed by atoms with Crippen LogP contribution in [0.15, 0.2) is 43.2 Å². The number of carbonyl (C=O) groups excluding carboxylic acids is 1. The molecule has 2 heterocycles. The number of benzene rings is 1. The maximum absolute atomic E-state index is 10.7. The number of rotatable bonds is 5. The Morgan fingerprint density at radius 2 is 2.17 bits per heavy atom. The van der Waals surface area contributed by atoms with Crippen LogP contribution in [-0.2, 0) is 16.0 Å². The molecule has 1 fully saturated rings. The number of nitrogens with zero attached hydrogens (tertiary/aromatic N) is 1. The lowest BCUT2D eigenvalue weighted by Gasteiger charge is -2.05. The number of fused-ring (bicyclic) bond motifs is 1. The zero-order chi connectivity index (χ0) is 16.7. The summed E-state index contributed by atoms with van der Waals surface area (Å²) in [5.74, 6) is -0.519. The van der Waals surface area contributed by atoms with Crippen LogP contribution >= 0.6 is 0 Å². The highest BCUT2D eigenvalue weighted by Gasteiger charge is 2.16. The first-order chi connectivity index (χ1) is 11.1. The van der Waals surface area contributed by atoms with Gasteiger partial charge in [0, 0.05) is 36.5 Å². The Kier molecular flexibility index (Phi) is 5.97. The number of para-hydroxylation sites is 1. The van der Waals surface area contributed by atoms with E-state index in [2.05, 4.69) is 17.6 Å². The van der Waals surface area contributed by atoms with E-state index < -0.39 is 5.97 Å². The number of carbonyl (C=O) groups is 2. The molecule has 0 spiro atoms. The molecule has 5 nitrogen and oxygen atoms in total. The second-order valence-corrected chi connectivity index (χ2v) is 5.48. The van der Waals surface area contributed by atoms with Gasteiger partial charge in [-0.2, -0.15) is 0 Å². The number of hydrogen-bond donors (Lipinski definition) is 2. The van der Waals surface area contributed by atoms with Crippen molar-refractivity contribution in [3.8, 4) is 0 Å². The Morgan fingerprint density at radius 1 is 1.39 bits per heavy atom. The van der Waals surface area contributed by atoms with Crippen molar-refractivity contribution < 1.29 is 14.7 Å². The standard InChI is InChI=1S/C12H13NO2.C6H9NO/c14-12(15)7-3-4-9-8-13-11-6-2-1-5-10(9)11;1-2-7-5-3-4-6(7)8/h1-2,5-6,8,13H,3-4,7H2,(H,14,15);2H,1,3-5H2. The smallest absolute Gasteiger partial charge is 0.303 e. The van der Waals surface area contributed by atoms with Gasteiger partial charge in [0.25, 0.3) is 0 Å². The predicted octanol–water partition coefficient (Wildman–Crippen LogP) is 3.33. The van der Waals surface area contributed by atoms with Crippen LogP contribution in [0.5, 0.6) is 0 Å². The molecule has 0 atom stereocenters. The summed E-state index contributed by atoms with van der Waals surface area (Å²) in [5.41, 5.74) is 2.31. The summed E-state index contributed by atoms with van der Waals surface area (Å²) in [7, 11) is 0. The molecule has 3 rings (SSSR count). The molecule has 23 heavy (non-hydrogen) atoms. The zero-order valence-electron chi connectivity index (χ0n) is 13.1. The van der Waals surface area contributed by atoms with Crippen molar-refractivity contribution in [2.24, 2.45) is 0 Å². The van der Waals surface area contributed by atoms with Gasteiger partial charge in [-0.1, -0.05) is 24.8 Å². The third kappa shape index (κ3) is 4.71. The second-order valence-electron chi connectivity index (χ2n) is 5.48. The Morgan fingerprint density at radius 3 is 2.78 bits per heavy atom. The van der Waals surface area contributed by atoms with Crippen molar-refractivity contribution in [1.82, 2.24) is 9.88 Å². The van der Waals surface area contributed by atoms with E-state index in [1.807, 2.05) is 24.4 Å². The van der Waals surface area contributed by atoms with Gasteiger partial charge in [0.1, 0.15) is 0 Å². The largest absolute Gasteiger partial charge is 0.481 e. The molecule has 1 amide bonds.